The number of nitrogens with zero attached hydrogens (tertiary/aromatic N) is 3. The van der Waals surface area contributed by atoms with E-state index in [9.17, 15) is 0 Å². The van der Waals surface area contributed by atoms with Crippen molar-refractivity contribution in [3.63, 3.8) is 0 Å². The van der Waals surface area contributed by atoms with E-state index < -0.39 is 0 Å². The lowest BCUT2D eigenvalue weighted by Crippen LogP contribution is -1.95. The van der Waals surface area contributed by atoms with Gasteiger partial charge in [-0.25, -0.2) is 15.0 Å². The van der Waals surface area contributed by atoms with E-state index >= 15 is 0 Å². The molecule has 4 heteroatoms. The standard InChI is InChI=1S/C9H8N4/c10-8-7(3-1-4-11-8)9-12-5-2-6-13-9/h1-6H,(H2,10,11). The van der Waals surface area contributed by atoms with E-state index in [0.717, 1.165) is 5.56 Å². The fourth-order valence-electron chi connectivity index (χ4n) is 1.04. The molecule has 0 saturated carbocycles. The van der Waals surface area contributed by atoms with Crippen molar-refractivity contribution in [1.82, 2.24) is 15.0 Å². The molecule has 0 amide bonds. The molecule has 0 aromatic carbocycles. The molecule has 0 fully saturated rings. The average Bonchev–Trinajstić information content (AvgIpc) is 2.20. The van der Waals surface area contributed by atoms with Crippen molar-refractivity contribution in [1.29, 1.82) is 0 Å². The smallest absolute Gasteiger partial charge is 0.162 e. The summed E-state index contributed by atoms with van der Waals surface area (Å²) in [5.41, 5.74) is 6.43. The number of hydrogen-bond donors (Lipinski definition) is 1. The zero-order valence-corrected chi connectivity index (χ0v) is 6.88. The molecule has 0 aliphatic carbocycles. The Hall–Kier alpha value is -1.97. The van der Waals surface area contributed by atoms with Crippen molar-refractivity contribution in [3.8, 4) is 11.4 Å². The summed E-state index contributed by atoms with van der Waals surface area (Å²) in [5.74, 6) is 1.06. The normalized spacial score (nSPS) is 9.85. The number of nitrogen functional groups attached to an aromatic ring is 1. The highest BCUT2D eigenvalue weighted by Gasteiger charge is 2.03. The van der Waals surface area contributed by atoms with E-state index in [4.69, 9.17) is 5.73 Å². The van der Waals surface area contributed by atoms with Gasteiger partial charge >= 0.3 is 0 Å². The van der Waals surface area contributed by atoms with Gasteiger partial charge in [-0.1, -0.05) is 0 Å². The van der Waals surface area contributed by atoms with Crippen LogP contribution in [0.1, 0.15) is 0 Å². The van der Waals surface area contributed by atoms with Crippen LogP contribution in [0.25, 0.3) is 11.4 Å². The fourth-order valence-corrected chi connectivity index (χ4v) is 1.04. The maximum atomic E-state index is 5.66. The van der Waals surface area contributed by atoms with Gasteiger partial charge in [-0.3, -0.25) is 0 Å². The third kappa shape index (κ3) is 1.46. The molecule has 0 radical (unpaired) electrons. The minimum atomic E-state index is 0.453. The summed E-state index contributed by atoms with van der Waals surface area (Å²) < 4.78 is 0. The predicted octanol–water partition coefficient (Wildman–Crippen LogP) is 1.12. The van der Waals surface area contributed by atoms with Gasteiger partial charge in [-0.2, -0.15) is 0 Å². The molecule has 0 bridgehead atoms. The number of nitrogens with two attached hydrogens (primary N) is 1. The Bertz CT molecular complexity index is 399. The van der Waals surface area contributed by atoms with Crippen molar-refractivity contribution >= 4 is 5.82 Å². The number of aromatic nitrogens is 3. The zero-order valence-electron chi connectivity index (χ0n) is 6.88. The first-order valence-electron chi connectivity index (χ1n) is 3.86. The zero-order chi connectivity index (χ0) is 9.10. The topological polar surface area (TPSA) is 64.7 Å². The Morgan fingerprint density at radius 2 is 1.62 bits per heavy atom. The van der Waals surface area contributed by atoms with E-state index in [1.54, 1.807) is 24.7 Å². The van der Waals surface area contributed by atoms with Crippen molar-refractivity contribution in [2.75, 3.05) is 5.73 Å². The summed E-state index contributed by atoms with van der Waals surface area (Å²) >= 11 is 0. The Balaban J connectivity index is 2.54. The first-order chi connectivity index (χ1) is 6.38. The number of rotatable bonds is 1. The molecule has 0 aliphatic rings. The van der Waals surface area contributed by atoms with Gasteiger partial charge < -0.3 is 5.73 Å². The average molecular weight is 172 g/mol. The molecule has 64 valence electrons. The number of anilines is 1. The van der Waals surface area contributed by atoms with Crippen molar-refractivity contribution in [3.05, 3.63) is 36.8 Å². The molecular weight excluding hydrogens is 164 g/mol. The van der Waals surface area contributed by atoms with E-state index in [0.29, 0.717) is 11.6 Å². The highest BCUT2D eigenvalue weighted by atomic mass is 14.9. The third-order valence-corrected chi connectivity index (χ3v) is 1.65. The minimum Gasteiger partial charge on any atom is -0.383 e. The first-order valence-corrected chi connectivity index (χ1v) is 3.86. The molecule has 2 aromatic rings. The van der Waals surface area contributed by atoms with Crippen LogP contribution < -0.4 is 5.73 Å². The molecule has 2 N–H and O–H groups in total. The van der Waals surface area contributed by atoms with Gasteiger partial charge in [0.2, 0.25) is 0 Å². The molecule has 0 aliphatic heterocycles. The largest absolute Gasteiger partial charge is 0.383 e. The number of pyridine rings is 1. The van der Waals surface area contributed by atoms with Crippen molar-refractivity contribution < 1.29 is 0 Å². The second-order valence-electron chi connectivity index (χ2n) is 2.51. The Morgan fingerprint density at radius 1 is 0.923 bits per heavy atom. The predicted molar refractivity (Wildman–Crippen MR) is 49.7 cm³/mol. The first kappa shape index (κ1) is 7.67. The Kier molecular flexibility index (Phi) is 1.88. The SMILES string of the molecule is Nc1ncccc1-c1ncccn1. The van der Waals surface area contributed by atoms with Crippen molar-refractivity contribution in [2.45, 2.75) is 0 Å². The van der Waals surface area contributed by atoms with Gasteiger partial charge in [-0.15, -0.1) is 0 Å². The van der Waals surface area contributed by atoms with E-state index in [-0.39, 0.29) is 0 Å². The van der Waals surface area contributed by atoms with Gasteiger partial charge in [0.05, 0.1) is 5.56 Å². The molecule has 2 aromatic heterocycles. The summed E-state index contributed by atoms with van der Waals surface area (Å²) in [7, 11) is 0. The summed E-state index contributed by atoms with van der Waals surface area (Å²) in [6.45, 7) is 0. The van der Waals surface area contributed by atoms with E-state index in [1.807, 2.05) is 12.1 Å². The van der Waals surface area contributed by atoms with E-state index in [1.165, 1.54) is 0 Å². The lowest BCUT2D eigenvalue weighted by Gasteiger charge is -2.00. The van der Waals surface area contributed by atoms with Crippen LogP contribution in [0.3, 0.4) is 0 Å². The monoisotopic (exact) mass is 172 g/mol. The van der Waals surface area contributed by atoms with Gasteiger partial charge in [-0.05, 0) is 18.2 Å². The molecule has 13 heavy (non-hydrogen) atoms. The lowest BCUT2D eigenvalue weighted by atomic mass is 10.2. The fraction of sp³-hybridized carbons (Fsp3) is 0. The number of hydrogen-bond acceptors (Lipinski definition) is 4. The maximum Gasteiger partial charge on any atom is 0.162 e. The Morgan fingerprint density at radius 3 is 2.31 bits per heavy atom. The van der Waals surface area contributed by atoms with Crippen LogP contribution in [0, 0.1) is 0 Å². The van der Waals surface area contributed by atoms with Crippen LogP contribution in [0.2, 0.25) is 0 Å². The minimum absolute atomic E-state index is 0.453. The van der Waals surface area contributed by atoms with Crippen LogP contribution in [0.5, 0.6) is 0 Å². The molecule has 0 unspecified atom stereocenters. The van der Waals surface area contributed by atoms with Gasteiger partial charge in [0.15, 0.2) is 5.82 Å². The van der Waals surface area contributed by atoms with Crippen molar-refractivity contribution in [2.24, 2.45) is 0 Å². The molecule has 0 spiro atoms. The van der Waals surface area contributed by atoms with Crippen LogP contribution in [0.4, 0.5) is 5.82 Å². The summed E-state index contributed by atoms with van der Waals surface area (Å²) in [4.78, 5) is 12.1. The van der Waals surface area contributed by atoms with Crippen LogP contribution in [0.15, 0.2) is 36.8 Å². The van der Waals surface area contributed by atoms with Crippen LogP contribution >= 0.6 is 0 Å². The molecular formula is C9H8N4. The molecule has 0 atom stereocenters. The van der Waals surface area contributed by atoms with Crippen LogP contribution in [-0.4, -0.2) is 15.0 Å². The summed E-state index contributed by atoms with van der Waals surface area (Å²) in [6.07, 6.45) is 4.99. The lowest BCUT2D eigenvalue weighted by molar-refractivity contribution is 1.17. The third-order valence-electron chi connectivity index (χ3n) is 1.65. The quantitative estimate of drug-likeness (QED) is 0.700. The van der Waals surface area contributed by atoms with Gasteiger partial charge in [0.25, 0.3) is 0 Å². The molecule has 2 rings (SSSR count). The van der Waals surface area contributed by atoms with Gasteiger partial charge in [0.1, 0.15) is 5.82 Å². The molecule has 4 nitrogen and oxygen atoms in total. The molecule has 2 heterocycles. The summed E-state index contributed by atoms with van der Waals surface area (Å²) in [6, 6.07) is 5.41. The van der Waals surface area contributed by atoms with Gasteiger partial charge in [0, 0.05) is 18.6 Å². The second-order valence-corrected chi connectivity index (χ2v) is 2.51. The second kappa shape index (κ2) is 3.18. The highest BCUT2D eigenvalue weighted by molar-refractivity contribution is 5.67. The Labute approximate surface area is 75.5 Å². The van der Waals surface area contributed by atoms with E-state index in [2.05, 4.69) is 15.0 Å². The summed E-state index contributed by atoms with van der Waals surface area (Å²) in [5, 5.41) is 0. The maximum absolute atomic E-state index is 5.66. The van der Waals surface area contributed by atoms with Crippen LogP contribution in [-0.2, 0) is 0 Å². The molecule has 0 saturated heterocycles. The highest BCUT2D eigenvalue weighted by Crippen LogP contribution is 2.18.